The fourth-order valence-corrected chi connectivity index (χ4v) is 2.22. The van der Waals surface area contributed by atoms with E-state index in [4.69, 9.17) is 16.7 Å². The van der Waals surface area contributed by atoms with Gasteiger partial charge >= 0.3 is 5.97 Å². The Bertz CT molecular complexity index is 666. The lowest BCUT2D eigenvalue weighted by molar-refractivity contribution is -0.131. The van der Waals surface area contributed by atoms with Crippen molar-refractivity contribution in [1.82, 2.24) is 9.47 Å². The number of amides is 1. The molecule has 110 valence electrons. The van der Waals surface area contributed by atoms with E-state index in [9.17, 15) is 9.59 Å². The molecule has 0 aliphatic rings. The Hall–Kier alpha value is -2.27. The molecule has 0 aliphatic heterocycles. The van der Waals surface area contributed by atoms with Gasteiger partial charge in [0.2, 0.25) is 5.91 Å². The molecule has 0 saturated heterocycles. The second kappa shape index (κ2) is 6.45. The summed E-state index contributed by atoms with van der Waals surface area (Å²) < 4.78 is 1.42. The van der Waals surface area contributed by atoms with Crippen LogP contribution in [0.25, 0.3) is 0 Å². The average molecular weight is 307 g/mol. The molecule has 1 amide bonds. The van der Waals surface area contributed by atoms with Crippen molar-refractivity contribution in [1.29, 1.82) is 0 Å². The maximum absolute atomic E-state index is 12.2. The SMILES string of the molecule is CN(Cc1cccc(Cl)c1)C(=O)Cn1cccc1C(=O)O. The van der Waals surface area contributed by atoms with E-state index in [0.717, 1.165) is 5.56 Å². The molecule has 5 nitrogen and oxygen atoms in total. The van der Waals surface area contributed by atoms with Gasteiger partial charge in [-0.1, -0.05) is 23.7 Å². The largest absolute Gasteiger partial charge is 0.477 e. The Balaban J connectivity index is 2.03. The Morgan fingerprint density at radius 1 is 1.29 bits per heavy atom. The Morgan fingerprint density at radius 2 is 2.05 bits per heavy atom. The van der Waals surface area contributed by atoms with Crippen molar-refractivity contribution in [3.05, 3.63) is 58.9 Å². The highest BCUT2D eigenvalue weighted by molar-refractivity contribution is 6.30. The highest BCUT2D eigenvalue weighted by Gasteiger charge is 2.14. The van der Waals surface area contributed by atoms with E-state index < -0.39 is 5.97 Å². The van der Waals surface area contributed by atoms with Gasteiger partial charge in [-0.3, -0.25) is 4.79 Å². The molecule has 6 heteroatoms. The zero-order valence-corrected chi connectivity index (χ0v) is 12.2. The minimum atomic E-state index is -1.05. The molecular weight excluding hydrogens is 292 g/mol. The van der Waals surface area contributed by atoms with E-state index in [2.05, 4.69) is 0 Å². The number of benzene rings is 1. The van der Waals surface area contributed by atoms with Crippen molar-refractivity contribution in [2.24, 2.45) is 0 Å². The number of carbonyl (C=O) groups excluding carboxylic acids is 1. The Morgan fingerprint density at radius 3 is 2.71 bits per heavy atom. The van der Waals surface area contributed by atoms with Crippen molar-refractivity contribution in [3.63, 3.8) is 0 Å². The van der Waals surface area contributed by atoms with Gasteiger partial charge in [0.15, 0.2) is 0 Å². The first kappa shape index (κ1) is 15.1. The van der Waals surface area contributed by atoms with Crippen molar-refractivity contribution in [2.45, 2.75) is 13.1 Å². The van der Waals surface area contributed by atoms with Gasteiger partial charge < -0.3 is 14.6 Å². The molecule has 1 N–H and O–H groups in total. The number of aromatic nitrogens is 1. The van der Waals surface area contributed by atoms with E-state index >= 15 is 0 Å². The molecule has 0 bridgehead atoms. The summed E-state index contributed by atoms with van der Waals surface area (Å²) in [7, 11) is 1.67. The summed E-state index contributed by atoms with van der Waals surface area (Å²) in [5.74, 6) is -1.22. The van der Waals surface area contributed by atoms with Crippen LogP contribution in [-0.2, 0) is 17.9 Å². The third-order valence-corrected chi connectivity index (χ3v) is 3.32. The molecule has 21 heavy (non-hydrogen) atoms. The van der Waals surface area contributed by atoms with Gasteiger partial charge in [0.1, 0.15) is 12.2 Å². The molecule has 0 spiro atoms. The third-order valence-electron chi connectivity index (χ3n) is 3.09. The van der Waals surface area contributed by atoms with Crippen LogP contribution in [0.1, 0.15) is 16.1 Å². The van der Waals surface area contributed by atoms with Gasteiger partial charge in [-0.05, 0) is 29.8 Å². The minimum absolute atomic E-state index is 0.00824. The highest BCUT2D eigenvalue weighted by atomic mass is 35.5. The van der Waals surface area contributed by atoms with Gasteiger partial charge in [0.25, 0.3) is 0 Å². The van der Waals surface area contributed by atoms with Crippen LogP contribution in [0.3, 0.4) is 0 Å². The molecule has 0 aliphatic carbocycles. The van der Waals surface area contributed by atoms with Crippen molar-refractivity contribution in [2.75, 3.05) is 7.05 Å². The van der Waals surface area contributed by atoms with Crippen molar-refractivity contribution < 1.29 is 14.7 Å². The van der Waals surface area contributed by atoms with E-state index in [1.807, 2.05) is 12.1 Å². The summed E-state index contributed by atoms with van der Waals surface area (Å²) in [6.07, 6.45) is 1.58. The quantitative estimate of drug-likeness (QED) is 0.923. The van der Waals surface area contributed by atoms with Crippen molar-refractivity contribution >= 4 is 23.5 Å². The number of carboxylic acid groups (broad SMARTS) is 1. The van der Waals surface area contributed by atoms with Crippen molar-refractivity contribution in [3.8, 4) is 0 Å². The van der Waals surface area contributed by atoms with Gasteiger partial charge in [-0.25, -0.2) is 4.79 Å². The summed E-state index contributed by atoms with van der Waals surface area (Å²) in [5.41, 5.74) is 1.02. The molecule has 0 saturated carbocycles. The summed E-state index contributed by atoms with van der Waals surface area (Å²) >= 11 is 5.91. The van der Waals surface area contributed by atoms with Crippen LogP contribution in [-0.4, -0.2) is 33.5 Å². The topological polar surface area (TPSA) is 62.5 Å². The van der Waals surface area contributed by atoms with Gasteiger partial charge in [0.05, 0.1) is 0 Å². The lowest BCUT2D eigenvalue weighted by atomic mass is 10.2. The zero-order chi connectivity index (χ0) is 15.4. The Labute approximate surface area is 127 Å². The molecule has 1 heterocycles. The smallest absolute Gasteiger partial charge is 0.352 e. The first-order valence-electron chi connectivity index (χ1n) is 6.34. The number of carboxylic acids is 1. The number of halogens is 1. The van der Waals surface area contributed by atoms with Crippen LogP contribution < -0.4 is 0 Å². The first-order chi connectivity index (χ1) is 9.97. The molecule has 0 fully saturated rings. The number of carbonyl (C=O) groups is 2. The number of hydrogen-bond acceptors (Lipinski definition) is 2. The van der Waals surface area contributed by atoms with Crippen LogP contribution in [0.2, 0.25) is 5.02 Å². The second-order valence-electron chi connectivity index (χ2n) is 4.71. The lowest BCUT2D eigenvalue weighted by Crippen LogP contribution is -2.30. The van der Waals surface area contributed by atoms with Gasteiger partial charge in [-0.2, -0.15) is 0 Å². The predicted octanol–water partition coefficient (Wildman–Crippen LogP) is 2.50. The van der Waals surface area contributed by atoms with Crippen LogP contribution >= 0.6 is 11.6 Å². The molecule has 2 aromatic rings. The van der Waals surface area contributed by atoms with Crippen LogP contribution in [0.15, 0.2) is 42.6 Å². The van der Waals surface area contributed by atoms with Gasteiger partial charge in [0, 0.05) is 24.8 Å². The summed E-state index contributed by atoms with van der Waals surface area (Å²) in [4.78, 5) is 24.7. The second-order valence-corrected chi connectivity index (χ2v) is 5.14. The van der Waals surface area contributed by atoms with E-state index in [1.54, 1.807) is 31.4 Å². The molecule has 1 aromatic heterocycles. The van der Waals surface area contributed by atoms with Gasteiger partial charge in [-0.15, -0.1) is 0 Å². The number of rotatable bonds is 5. The maximum Gasteiger partial charge on any atom is 0.352 e. The van der Waals surface area contributed by atoms with E-state index in [-0.39, 0.29) is 18.1 Å². The highest BCUT2D eigenvalue weighted by Crippen LogP contribution is 2.12. The molecule has 0 radical (unpaired) electrons. The van der Waals surface area contributed by atoms with Crippen LogP contribution in [0, 0.1) is 0 Å². The molecule has 0 atom stereocenters. The van der Waals surface area contributed by atoms with E-state index in [0.29, 0.717) is 11.6 Å². The number of aromatic carboxylic acids is 1. The average Bonchev–Trinajstić information content (AvgIpc) is 2.87. The third kappa shape index (κ3) is 3.86. The molecular formula is C15H15ClN2O3. The maximum atomic E-state index is 12.2. The fraction of sp³-hybridized carbons (Fsp3) is 0.200. The summed E-state index contributed by atoms with van der Waals surface area (Å²) in [6, 6.07) is 10.3. The van der Waals surface area contributed by atoms with E-state index in [1.165, 1.54) is 15.5 Å². The molecule has 2 rings (SSSR count). The number of likely N-dealkylation sites (N-methyl/N-ethyl adjacent to an activating group) is 1. The fourth-order valence-electron chi connectivity index (χ4n) is 2.01. The van der Waals surface area contributed by atoms with Crippen LogP contribution in [0.5, 0.6) is 0 Å². The zero-order valence-electron chi connectivity index (χ0n) is 11.5. The summed E-state index contributed by atoms with van der Waals surface area (Å²) in [5, 5.41) is 9.63. The Kier molecular flexibility index (Phi) is 4.65. The minimum Gasteiger partial charge on any atom is -0.477 e. The number of nitrogens with zero attached hydrogens (tertiary/aromatic N) is 2. The standard InChI is InChI=1S/C15H15ClN2O3/c1-17(9-11-4-2-5-12(16)8-11)14(19)10-18-7-3-6-13(18)15(20)21/h2-8H,9-10H2,1H3,(H,20,21). The molecule has 0 unspecified atom stereocenters. The van der Waals surface area contributed by atoms with Crippen LogP contribution in [0.4, 0.5) is 0 Å². The predicted molar refractivity (Wildman–Crippen MR) is 79.3 cm³/mol. The summed E-state index contributed by atoms with van der Waals surface area (Å²) in [6.45, 7) is 0.411. The molecule has 1 aromatic carbocycles. The monoisotopic (exact) mass is 306 g/mol. The normalized spacial score (nSPS) is 10.4. The first-order valence-corrected chi connectivity index (χ1v) is 6.72. The number of hydrogen-bond donors (Lipinski definition) is 1. The lowest BCUT2D eigenvalue weighted by Gasteiger charge is -2.18.